The number of aryl methyl sites for hydroxylation is 2. The number of allylic oxidation sites excluding steroid dienone is 1. The van der Waals surface area contributed by atoms with Gasteiger partial charge in [-0.1, -0.05) is 12.1 Å². The fraction of sp³-hybridized carbons (Fsp3) is 0.360. The highest BCUT2D eigenvalue weighted by molar-refractivity contribution is 7.89. The predicted molar refractivity (Wildman–Crippen MR) is 136 cm³/mol. The van der Waals surface area contributed by atoms with Gasteiger partial charge < -0.3 is 9.64 Å². The van der Waals surface area contributed by atoms with E-state index < -0.39 is 28.1 Å². The number of hydrogen-bond acceptors (Lipinski definition) is 7. The van der Waals surface area contributed by atoms with E-state index in [0.29, 0.717) is 41.2 Å². The Balaban J connectivity index is 1.59. The number of amidine groups is 1. The second-order valence-corrected chi connectivity index (χ2v) is 10.9. The quantitative estimate of drug-likeness (QED) is 0.438. The number of carbonyl (C=O) groups excluding carboxylic acids is 1. The van der Waals surface area contributed by atoms with Crippen LogP contribution in [-0.2, 0) is 26.6 Å². The summed E-state index contributed by atoms with van der Waals surface area (Å²) in [6.45, 7) is 3.97. The van der Waals surface area contributed by atoms with Crippen molar-refractivity contribution in [3.63, 3.8) is 0 Å². The van der Waals surface area contributed by atoms with E-state index in [-0.39, 0.29) is 23.7 Å². The van der Waals surface area contributed by atoms with Gasteiger partial charge >= 0.3 is 16.0 Å². The van der Waals surface area contributed by atoms with Crippen molar-refractivity contribution in [1.82, 2.24) is 19.4 Å². The topological polar surface area (TPSA) is 123 Å². The molecule has 37 heavy (non-hydrogen) atoms. The molecule has 1 fully saturated rings. The van der Waals surface area contributed by atoms with E-state index in [1.807, 2.05) is 11.0 Å². The van der Waals surface area contributed by atoms with E-state index >= 15 is 0 Å². The molecule has 194 valence electrons. The number of aromatic nitrogens is 2. The fourth-order valence-electron chi connectivity index (χ4n) is 4.89. The first-order chi connectivity index (χ1) is 17.7. The van der Waals surface area contributed by atoms with Gasteiger partial charge in [0.25, 0.3) is 0 Å². The Morgan fingerprint density at radius 2 is 2.19 bits per heavy atom. The van der Waals surface area contributed by atoms with Crippen molar-refractivity contribution in [3.8, 4) is 0 Å². The Morgan fingerprint density at radius 1 is 1.38 bits per heavy atom. The van der Waals surface area contributed by atoms with Crippen molar-refractivity contribution in [2.24, 2.45) is 17.0 Å². The van der Waals surface area contributed by atoms with Crippen LogP contribution in [0.1, 0.15) is 36.9 Å². The van der Waals surface area contributed by atoms with Crippen LogP contribution in [-0.4, -0.2) is 59.8 Å². The third-order valence-corrected chi connectivity index (χ3v) is 8.02. The number of halogens is 1. The highest BCUT2D eigenvalue weighted by atomic mass is 32.2. The average molecular weight is 528 g/mol. The molecule has 1 aromatic heterocycles. The molecular formula is C25H28FN6O4S+. The summed E-state index contributed by atoms with van der Waals surface area (Å²) >= 11 is 0. The molecule has 0 radical (unpaired) electrons. The molecule has 2 aromatic rings. The monoisotopic (exact) mass is 527 g/mol. The number of fused-ring (bicyclic) bond motifs is 1. The van der Waals surface area contributed by atoms with Crippen molar-refractivity contribution in [3.05, 3.63) is 71.1 Å². The molecule has 1 saturated heterocycles. The molecule has 0 amide bonds. The highest BCUT2D eigenvalue weighted by Gasteiger charge is 2.44. The number of benzene rings is 1. The SMILES string of the molecule is CCOC(=O)C1=C2C[C@H](NS(=O)(=[OH+])c3cnn(C)c3)CN2C(C2=NC=CC2)=N[C@H]1c1ccc(F)cc1C. The Hall–Kier alpha value is -3.64. The van der Waals surface area contributed by atoms with Crippen LogP contribution in [0, 0.1) is 12.7 Å². The van der Waals surface area contributed by atoms with E-state index in [1.165, 1.54) is 29.2 Å². The first-order valence-corrected chi connectivity index (χ1v) is 13.5. The van der Waals surface area contributed by atoms with Gasteiger partial charge in [0, 0.05) is 44.5 Å². The van der Waals surface area contributed by atoms with E-state index in [0.717, 1.165) is 5.71 Å². The van der Waals surface area contributed by atoms with Crippen LogP contribution < -0.4 is 4.72 Å². The minimum absolute atomic E-state index is 0.164. The zero-order chi connectivity index (χ0) is 26.3. The molecule has 0 spiro atoms. The van der Waals surface area contributed by atoms with Gasteiger partial charge in [0.15, 0.2) is 10.7 Å². The van der Waals surface area contributed by atoms with Crippen molar-refractivity contribution in [1.29, 1.82) is 0 Å². The number of hydrogen-bond donors (Lipinski definition) is 1. The van der Waals surface area contributed by atoms with Crippen molar-refractivity contribution >= 4 is 27.5 Å². The molecule has 3 aliphatic heterocycles. The summed E-state index contributed by atoms with van der Waals surface area (Å²) in [5, 5.41) is 4.00. The predicted octanol–water partition coefficient (Wildman–Crippen LogP) is 2.71. The van der Waals surface area contributed by atoms with Crippen LogP contribution >= 0.6 is 0 Å². The Morgan fingerprint density at radius 3 is 2.84 bits per heavy atom. The molecule has 0 saturated carbocycles. The zero-order valence-corrected chi connectivity index (χ0v) is 21.5. The minimum atomic E-state index is -3.60. The molecule has 2 N–H and O–H groups in total. The fourth-order valence-corrected chi connectivity index (χ4v) is 6.12. The van der Waals surface area contributed by atoms with Gasteiger partial charge in [-0.25, -0.2) is 13.4 Å². The maximum atomic E-state index is 13.9. The minimum Gasteiger partial charge on any atom is -0.463 e. The lowest BCUT2D eigenvalue weighted by atomic mass is 9.91. The van der Waals surface area contributed by atoms with Crippen molar-refractivity contribution < 1.29 is 22.3 Å². The number of nitrogens with zero attached hydrogens (tertiary/aromatic N) is 5. The summed E-state index contributed by atoms with van der Waals surface area (Å²) in [6.07, 6.45) is 7.30. The third kappa shape index (κ3) is 4.74. The van der Waals surface area contributed by atoms with E-state index in [4.69, 9.17) is 9.73 Å². The van der Waals surface area contributed by atoms with Gasteiger partial charge in [-0.2, -0.15) is 14.0 Å². The van der Waals surface area contributed by atoms with E-state index in [2.05, 4.69) is 14.8 Å². The van der Waals surface area contributed by atoms with Gasteiger partial charge in [0.1, 0.15) is 11.9 Å². The van der Waals surface area contributed by atoms with Gasteiger partial charge in [0.2, 0.25) is 0 Å². The summed E-state index contributed by atoms with van der Waals surface area (Å²) in [5.74, 6) is -0.323. The molecule has 3 atom stereocenters. The van der Waals surface area contributed by atoms with Gasteiger partial charge in [0.05, 0.1) is 30.1 Å². The summed E-state index contributed by atoms with van der Waals surface area (Å²) in [7, 11) is -1.93. The summed E-state index contributed by atoms with van der Waals surface area (Å²) in [6, 6.07) is 3.17. The van der Waals surface area contributed by atoms with Gasteiger partial charge in [-0.15, -0.1) is 0 Å². The molecule has 1 aromatic carbocycles. The first-order valence-electron chi connectivity index (χ1n) is 11.9. The average Bonchev–Trinajstić information content (AvgIpc) is 3.59. The lowest BCUT2D eigenvalue weighted by Crippen LogP contribution is -2.42. The molecule has 3 aliphatic rings. The van der Waals surface area contributed by atoms with Crippen LogP contribution in [0.15, 0.2) is 69.0 Å². The molecule has 0 bridgehead atoms. The summed E-state index contributed by atoms with van der Waals surface area (Å²) in [5.41, 5.74) is 3.03. The number of ether oxygens (including phenoxy) is 1. The number of aliphatic imine (C=N–C) groups is 2. The third-order valence-electron chi connectivity index (χ3n) is 6.51. The Labute approximate surface area is 214 Å². The molecule has 10 nitrogen and oxygen atoms in total. The van der Waals surface area contributed by atoms with Gasteiger partial charge in [-0.05, 0) is 37.1 Å². The molecule has 5 rings (SSSR count). The number of esters is 1. The lowest BCUT2D eigenvalue weighted by Gasteiger charge is -2.32. The number of carbonyl (C=O) groups is 1. The van der Waals surface area contributed by atoms with Crippen molar-refractivity contribution in [2.45, 2.75) is 43.7 Å². The standard InChI is InChI=1S/C25H27FN6O4S/c1-4-36-25(33)22-21-11-17(30-37(34,35)18-12-28-31(3)14-18)13-32(21)24(20-6-5-9-27-20)29-23(22)19-8-7-16(26)10-15(19)2/h5,7-10,12,14,17,23H,4,6,11,13H2,1-3H3,(H,30,34,35)/p+1/t17-,23-/m0/s1. The zero-order valence-electron chi connectivity index (χ0n) is 20.7. The number of nitrogens with one attached hydrogen (secondary N) is 1. The summed E-state index contributed by atoms with van der Waals surface area (Å²) < 4.78 is 47.6. The molecular weight excluding hydrogens is 499 g/mol. The second-order valence-electron chi connectivity index (χ2n) is 9.11. The van der Waals surface area contributed by atoms with Crippen LogP contribution in [0.3, 0.4) is 0 Å². The number of rotatable bonds is 7. The molecule has 1 unspecified atom stereocenters. The van der Waals surface area contributed by atoms with Crippen LogP contribution in [0.2, 0.25) is 0 Å². The Bertz CT molecular complexity index is 1490. The van der Waals surface area contributed by atoms with Crippen LogP contribution in [0.4, 0.5) is 4.39 Å². The lowest BCUT2D eigenvalue weighted by molar-refractivity contribution is -0.139. The molecule has 0 aliphatic carbocycles. The highest BCUT2D eigenvalue weighted by Crippen LogP contribution is 2.41. The second kappa shape index (κ2) is 9.67. The normalized spacial score (nSPS) is 22.5. The maximum Gasteiger partial charge on any atom is 0.376 e. The molecule has 4 heterocycles. The van der Waals surface area contributed by atoms with E-state index in [1.54, 1.807) is 33.2 Å². The van der Waals surface area contributed by atoms with Crippen LogP contribution in [0.5, 0.6) is 0 Å². The Kier molecular flexibility index (Phi) is 6.54. The van der Waals surface area contributed by atoms with Gasteiger partial charge in [-0.3, -0.25) is 14.7 Å². The maximum absolute atomic E-state index is 13.9. The van der Waals surface area contributed by atoms with Crippen LogP contribution in [0.25, 0.3) is 0 Å². The largest absolute Gasteiger partial charge is 0.463 e. The van der Waals surface area contributed by atoms with Crippen molar-refractivity contribution in [2.75, 3.05) is 13.2 Å². The summed E-state index contributed by atoms with van der Waals surface area (Å²) in [4.78, 5) is 24.8. The molecule has 12 heteroatoms. The van der Waals surface area contributed by atoms with E-state index in [9.17, 15) is 17.6 Å². The first kappa shape index (κ1) is 25.0. The smallest absolute Gasteiger partial charge is 0.376 e.